The highest BCUT2D eigenvalue weighted by Crippen LogP contribution is 2.37. The van der Waals surface area contributed by atoms with E-state index in [-0.39, 0.29) is 5.91 Å². The summed E-state index contributed by atoms with van der Waals surface area (Å²) in [4.78, 5) is 15.1. The molecular formula is C20H23NO3. The maximum atomic E-state index is 13.2. The summed E-state index contributed by atoms with van der Waals surface area (Å²) in [5, 5.41) is 0. The van der Waals surface area contributed by atoms with Gasteiger partial charge in [0, 0.05) is 12.2 Å². The minimum atomic E-state index is -0.656. The summed E-state index contributed by atoms with van der Waals surface area (Å²) in [5.74, 6) is 1.40. The molecule has 2 aromatic rings. The molecule has 4 heteroatoms. The fraction of sp³-hybridized carbons (Fsp3) is 0.350. The number of carbonyl (C=O) groups excluding carboxylic acids is 1. The Kier molecular flexibility index (Phi) is 4.22. The van der Waals surface area contributed by atoms with Crippen LogP contribution in [0.5, 0.6) is 11.5 Å². The first kappa shape index (κ1) is 16.4. The average molecular weight is 325 g/mol. The first-order valence-electron chi connectivity index (χ1n) is 8.11. The van der Waals surface area contributed by atoms with Crippen molar-refractivity contribution in [3.05, 3.63) is 53.6 Å². The van der Waals surface area contributed by atoms with E-state index in [0.717, 1.165) is 24.2 Å². The maximum absolute atomic E-state index is 13.2. The van der Waals surface area contributed by atoms with Gasteiger partial charge in [-0.05, 0) is 49.6 Å². The van der Waals surface area contributed by atoms with E-state index >= 15 is 0 Å². The van der Waals surface area contributed by atoms with Crippen LogP contribution in [0.25, 0.3) is 0 Å². The second kappa shape index (κ2) is 6.19. The topological polar surface area (TPSA) is 38.8 Å². The first-order valence-corrected chi connectivity index (χ1v) is 8.11. The van der Waals surface area contributed by atoms with Crippen molar-refractivity contribution in [3.63, 3.8) is 0 Å². The number of benzene rings is 2. The Morgan fingerprint density at radius 3 is 2.46 bits per heavy atom. The number of anilines is 1. The number of ether oxygens (including phenoxy) is 2. The van der Waals surface area contributed by atoms with Crippen LogP contribution in [0.1, 0.15) is 25.0 Å². The molecule has 0 bridgehead atoms. The molecule has 0 aromatic heterocycles. The van der Waals surface area contributed by atoms with Crippen molar-refractivity contribution in [2.45, 2.75) is 25.7 Å². The number of carbonyl (C=O) groups is 1. The number of methoxy groups -OCH3 is 2. The fourth-order valence-electron chi connectivity index (χ4n) is 3.24. The molecule has 0 saturated heterocycles. The predicted octanol–water partition coefficient (Wildman–Crippen LogP) is 3.57. The lowest BCUT2D eigenvalue weighted by Gasteiger charge is -2.30. The highest BCUT2D eigenvalue weighted by molar-refractivity contribution is 6.02. The molecule has 0 N–H and O–H groups in total. The zero-order valence-electron chi connectivity index (χ0n) is 14.6. The number of fused-ring (bicyclic) bond motifs is 1. The number of para-hydroxylation sites is 1. The molecule has 0 spiro atoms. The molecule has 0 aliphatic carbocycles. The molecule has 3 rings (SSSR count). The third-order valence-corrected chi connectivity index (χ3v) is 4.77. The standard InChI is InChI=1S/C20H23NO3/c1-20(2,15-9-10-17(23-3)18(13-15)24-4)19(22)21-12-11-14-7-5-6-8-16(14)21/h5-10,13H,11-12H2,1-4H3. The lowest BCUT2D eigenvalue weighted by atomic mass is 9.83. The van der Waals surface area contributed by atoms with E-state index in [1.54, 1.807) is 14.2 Å². The van der Waals surface area contributed by atoms with Crippen LogP contribution in [0.2, 0.25) is 0 Å². The largest absolute Gasteiger partial charge is 0.493 e. The van der Waals surface area contributed by atoms with Gasteiger partial charge in [0.25, 0.3) is 0 Å². The van der Waals surface area contributed by atoms with Crippen LogP contribution in [0.4, 0.5) is 5.69 Å². The molecular weight excluding hydrogens is 302 g/mol. The molecule has 2 aromatic carbocycles. The average Bonchev–Trinajstić information content (AvgIpc) is 3.04. The van der Waals surface area contributed by atoms with Gasteiger partial charge in [0.2, 0.25) is 5.91 Å². The van der Waals surface area contributed by atoms with Crippen molar-refractivity contribution >= 4 is 11.6 Å². The van der Waals surface area contributed by atoms with E-state index in [4.69, 9.17) is 9.47 Å². The van der Waals surface area contributed by atoms with Crippen molar-refractivity contribution in [1.82, 2.24) is 0 Å². The molecule has 1 heterocycles. The summed E-state index contributed by atoms with van der Waals surface area (Å²) >= 11 is 0. The first-order chi connectivity index (χ1) is 11.5. The zero-order chi connectivity index (χ0) is 17.3. The van der Waals surface area contributed by atoms with Crippen molar-refractivity contribution in [2.24, 2.45) is 0 Å². The van der Waals surface area contributed by atoms with Crippen molar-refractivity contribution in [3.8, 4) is 11.5 Å². The van der Waals surface area contributed by atoms with Crippen LogP contribution in [0.3, 0.4) is 0 Å². The smallest absolute Gasteiger partial charge is 0.237 e. The quantitative estimate of drug-likeness (QED) is 0.862. The van der Waals surface area contributed by atoms with Gasteiger partial charge in [-0.3, -0.25) is 4.79 Å². The van der Waals surface area contributed by atoms with Crippen LogP contribution < -0.4 is 14.4 Å². The molecule has 0 fully saturated rings. The molecule has 0 atom stereocenters. The van der Waals surface area contributed by atoms with Crippen LogP contribution in [0, 0.1) is 0 Å². The molecule has 1 aliphatic rings. The van der Waals surface area contributed by atoms with Gasteiger partial charge < -0.3 is 14.4 Å². The highest BCUT2D eigenvalue weighted by Gasteiger charge is 2.37. The van der Waals surface area contributed by atoms with E-state index in [2.05, 4.69) is 6.07 Å². The third-order valence-electron chi connectivity index (χ3n) is 4.77. The van der Waals surface area contributed by atoms with Crippen molar-refractivity contribution < 1.29 is 14.3 Å². The van der Waals surface area contributed by atoms with Crippen molar-refractivity contribution in [1.29, 1.82) is 0 Å². The van der Waals surface area contributed by atoms with Gasteiger partial charge in [-0.1, -0.05) is 24.3 Å². The van der Waals surface area contributed by atoms with E-state index in [1.165, 1.54) is 5.56 Å². The minimum absolute atomic E-state index is 0.0969. The van der Waals surface area contributed by atoms with Crippen LogP contribution in [-0.4, -0.2) is 26.7 Å². The van der Waals surface area contributed by atoms with Gasteiger partial charge in [0.15, 0.2) is 11.5 Å². The lowest BCUT2D eigenvalue weighted by molar-refractivity contribution is -0.122. The summed E-state index contributed by atoms with van der Waals surface area (Å²) in [6.07, 6.45) is 0.907. The highest BCUT2D eigenvalue weighted by atomic mass is 16.5. The molecule has 1 amide bonds. The van der Waals surface area contributed by atoms with Crippen molar-refractivity contribution in [2.75, 3.05) is 25.7 Å². The maximum Gasteiger partial charge on any atom is 0.237 e. The Hall–Kier alpha value is -2.49. The van der Waals surface area contributed by atoms with E-state index in [0.29, 0.717) is 11.5 Å². The van der Waals surface area contributed by atoms with E-state index in [1.807, 2.05) is 55.1 Å². The minimum Gasteiger partial charge on any atom is -0.493 e. The Balaban J connectivity index is 1.95. The van der Waals surface area contributed by atoms with Crippen LogP contribution >= 0.6 is 0 Å². The summed E-state index contributed by atoms with van der Waals surface area (Å²) in [6, 6.07) is 13.8. The van der Waals surface area contributed by atoms with Gasteiger partial charge >= 0.3 is 0 Å². The molecule has 4 nitrogen and oxygen atoms in total. The van der Waals surface area contributed by atoms with Crippen LogP contribution in [-0.2, 0) is 16.6 Å². The summed E-state index contributed by atoms with van der Waals surface area (Å²) in [7, 11) is 3.21. The molecule has 1 aliphatic heterocycles. The van der Waals surface area contributed by atoms with Gasteiger partial charge in [0.1, 0.15) is 0 Å². The zero-order valence-corrected chi connectivity index (χ0v) is 14.6. The monoisotopic (exact) mass is 325 g/mol. The predicted molar refractivity (Wildman–Crippen MR) is 95.1 cm³/mol. The van der Waals surface area contributed by atoms with Gasteiger partial charge in [-0.2, -0.15) is 0 Å². The molecule has 0 radical (unpaired) electrons. The second-order valence-electron chi connectivity index (χ2n) is 6.53. The molecule has 0 unspecified atom stereocenters. The number of amides is 1. The Labute approximate surface area is 143 Å². The normalized spacial score (nSPS) is 13.6. The summed E-state index contributed by atoms with van der Waals surface area (Å²) in [5.41, 5.74) is 2.51. The summed E-state index contributed by atoms with van der Waals surface area (Å²) < 4.78 is 10.7. The number of hydrogen-bond donors (Lipinski definition) is 0. The number of nitrogens with zero attached hydrogens (tertiary/aromatic N) is 1. The van der Waals surface area contributed by atoms with Gasteiger partial charge in [-0.15, -0.1) is 0 Å². The Morgan fingerprint density at radius 2 is 1.75 bits per heavy atom. The molecule has 126 valence electrons. The van der Waals surface area contributed by atoms with Gasteiger partial charge in [-0.25, -0.2) is 0 Å². The Morgan fingerprint density at radius 1 is 1.04 bits per heavy atom. The second-order valence-corrected chi connectivity index (χ2v) is 6.53. The Bertz CT molecular complexity index is 767. The van der Waals surface area contributed by atoms with E-state index in [9.17, 15) is 4.79 Å². The van der Waals surface area contributed by atoms with Gasteiger partial charge in [0.05, 0.1) is 19.6 Å². The van der Waals surface area contributed by atoms with Crippen LogP contribution in [0.15, 0.2) is 42.5 Å². The fourth-order valence-corrected chi connectivity index (χ4v) is 3.24. The van der Waals surface area contributed by atoms with E-state index < -0.39 is 5.41 Å². The lowest BCUT2D eigenvalue weighted by Crippen LogP contribution is -2.42. The number of rotatable bonds is 4. The SMILES string of the molecule is COc1ccc(C(C)(C)C(=O)N2CCc3ccccc32)cc1OC. The number of hydrogen-bond acceptors (Lipinski definition) is 3. The molecule has 0 saturated carbocycles. The summed E-state index contributed by atoms with van der Waals surface area (Å²) in [6.45, 7) is 4.64. The molecule has 24 heavy (non-hydrogen) atoms. The third kappa shape index (κ3) is 2.62.